The first kappa shape index (κ1) is 6.32. The molecule has 48 valence electrons. The molecular formula is C5H4ClN2O-. The normalized spacial score (nSPS) is 9.11. The second-order valence-electron chi connectivity index (χ2n) is 1.46. The van der Waals surface area contributed by atoms with Crippen LogP contribution in [0.2, 0.25) is 5.02 Å². The average Bonchev–Trinajstić information content (AvgIpc) is 1.89. The van der Waals surface area contributed by atoms with Gasteiger partial charge in [0.25, 0.3) is 0 Å². The predicted molar refractivity (Wildman–Crippen MR) is 36.2 cm³/mol. The van der Waals surface area contributed by atoms with E-state index >= 15 is 0 Å². The van der Waals surface area contributed by atoms with Crippen molar-refractivity contribution in [2.24, 2.45) is 0 Å². The Morgan fingerprint density at radius 1 is 1.67 bits per heavy atom. The molecule has 0 aliphatic heterocycles. The zero-order chi connectivity index (χ0) is 6.69. The van der Waals surface area contributed by atoms with Crippen LogP contribution >= 0.6 is 11.6 Å². The number of aromatic nitrogens is 1. The lowest BCUT2D eigenvalue weighted by atomic mass is 10.4. The first-order valence-electron chi connectivity index (χ1n) is 2.32. The summed E-state index contributed by atoms with van der Waals surface area (Å²) < 4.78 is 0. The summed E-state index contributed by atoms with van der Waals surface area (Å²) in [5.74, 6) is 0. The van der Waals surface area contributed by atoms with Crippen molar-refractivity contribution in [2.75, 3.05) is 5.48 Å². The summed E-state index contributed by atoms with van der Waals surface area (Å²) in [5.41, 5.74) is 2.03. The highest BCUT2D eigenvalue weighted by molar-refractivity contribution is 6.33. The van der Waals surface area contributed by atoms with Gasteiger partial charge in [0.05, 0.1) is 5.02 Å². The maximum absolute atomic E-state index is 9.99. The van der Waals surface area contributed by atoms with Gasteiger partial charge in [-0.1, -0.05) is 11.6 Å². The molecular weight excluding hydrogens is 140 g/mol. The van der Waals surface area contributed by atoms with E-state index < -0.39 is 0 Å². The Hall–Kier alpha value is -0.800. The molecule has 1 aromatic heterocycles. The van der Waals surface area contributed by atoms with Crippen LogP contribution in [0.5, 0.6) is 0 Å². The average molecular weight is 144 g/mol. The molecule has 0 bridgehead atoms. The molecule has 0 radical (unpaired) electrons. The monoisotopic (exact) mass is 143 g/mol. The summed E-state index contributed by atoms with van der Waals surface area (Å²) in [7, 11) is 0. The largest absolute Gasteiger partial charge is 0.761 e. The van der Waals surface area contributed by atoms with Gasteiger partial charge in [-0.3, -0.25) is 4.98 Å². The van der Waals surface area contributed by atoms with Crippen LogP contribution < -0.4 is 5.48 Å². The van der Waals surface area contributed by atoms with Crippen molar-refractivity contribution < 1.29 is 0 Å². The number of nitrogens with zero attached hydrogens (tertiary/aromatic N) is 1. The molecule has 4 heteroatoms. The number of hydrogen-bond donors (Lipinski definition) is 1. The fourth-order valence-corrected chi connectivity index (χ4v) is 0.616. The van der Waals surface area contributed by atoms with Crippen molar-refractivity contribution in [3.05, 3.63) is 28.7 Å². The molecule has 1 rings (SSSR count). The quantitative estimate of drug-likeness (QED) is 0.608. The number of pyridine rings is 1. The van der Waals surface area contributed by atoms with E-state index in [4.69, 9.17) is 11.6 Å². The molecule has 1 aromatic rings. The van der Waals surface area contributed by atoms with Gasteiger partial charge in [-0.05, 0) is 6.07 Å². The van der Waals surface area contributed by atoms with Crippen molar-refractivity contribution in [1.29, 1.82) is 0 Å². The number of hydrogen-bond acceptors (Lipinski definition) is 3. The van der Waals surface area contributed by atoms with Crippen molar-refractivity contribution in [3.63, 3.8) is 0 Å². The van der Waals surface area contributed by atoms with E-state index in [9.17, 15) is 5.21 Å². The lowest BCUT2D eigenvalue weighted by Crippen LogP contribution is -1.85. The molecule has 0 aliphatic carbocycles. The number of anilines is 1. The highest BCUT2D eigenvalue weighted by Gasteiger charge is 1.90. The summed E-state index contributed by atoms with van der Waals surface area (Å²) in [6, 6.07) is 1.51. The smallest absolute Gasteiger partial charge is 0.0812 e. The van der Waals surface area contributed by atoms with E-state index in [0.29, 0.717) is 10.7 Å². The van der Waals surface area contributed by atoms with E-state index in [1.807, 2.05) is 0 Å². The van der Waals surface area contributed by atoms with Gasteiger partial charge >= 0.3 is 0 Å². The highest BCUT2D eigenvalue weighted by Crippen LogP contribution is 2.17. The van der Waals surface area contributed by atoms with E-state index in [0.717, 1.165) is 0 Å². The number of nitrogens with one attached hydrogen (secondary N) is 1. The Morgan fingerprint density at radius 3 is 2.89 bits per heavy atom. The molecule has 0 unspecified atom stereocenters. The highest BCUT2D eigenvalue weighted by atomic mass is 35.5. The molecule has 1 heterocycles. The van der Waals surface area contributed by atoms with Crippen LogP contribution in [-0.4, -0.2) is 4.98 Å². The first-order valence-corrected chi connectivity index (χ1v) is 2.70. The predicted octanol–water partition coefficient (Wildman–Crippen LogP) is 1.64. The van der Waals surface area contributed by atoms with Crippen molar-refractivity contribution in [1.82, 2.24) is 4.98 Å². The van der Waals surface area contributed by atoms with E-state index in [2.05, 4.69) is 4.98 Å². The summed E-state index contributed by atoms with van der Waals surface area (Å²) in [4.78, 5) is 3.68. The van der Waals surface area contributed by atoms with Crippen molar-refractivity contribution in [2.45, 2.75) is 0 Å². The summed E-state index contributed by atoms with van der Waals surface area (Å²) in [6.45, 7) is 0. The van der Waals surface area contributed by atoms with Gasteiger partial charge in [0.15, 0.2) is 0 Å². The van der Waals surface area contributed by atoms with Crippen LogP contribution in [0.25, 0.3) is 0 Å². The molecule has 1 N–H and O–H groups in total. The molecule has 0 amide bonds. The molecule has 0 spiro atoms. The summed E-state index contributed by atoms with van der Waals surface area (Å²) >= 11 is 5.50. The third-order valence-electron chi connectivity index (χ3n) is 0.882. The van der Waals surface area contributed by atoms with Crippen LogP contribution in [0, 0.1) is 5.21 Å². The molecule has 0 aliphatic rings. The SMILES string of the molecule is [O-]Nc1ccncc1Cl. The Balaban J connectivity index is 3.01. The van der Waals surface area contributed by atoms with Crippen molar-refractivity contribution >= 4 is 17.3 Å². The Morgan fingerprint density at radius 2 is 2.44 bits per heavy atom. The van der Waals surface area contributed by atoms with Gasteiger partial charge in [-0.15, -0.1) is 0 Å². The number of halogens is 1. The minimum atomic E-state index is 0.340. The van der Waals surface area contributed by atoms with Crippen molar-refractivity contribution in [3.8, 4) is 0 Å². The second-order valence-corrected chi connectivity index (χ2v) is 1.86. The molecule has 0 aromatic carbocycles. The van der Waals surface area contributed by atoms with Gasteiger partial charge in [-0.2, -0.15) is 0 Å². The molecule has 0 atom stereocenters. The second kappa shape index (κ2) is 2.66. The van der Waals surface area contributed by atoms with E-state index in [1.54, 1.807) is 5.48 Å². The lowest BCUT2D eigenvalue weighted by Gasteiger charge is -2.08. The van der Waals surface area contributed by atoms with Crippen LogP contribution in [0.4, 0.5) is 5.69 Å². The van der Waals surface area contributed by atoms with Gasteiger partial charge in [0.2, 0.25) is 0 Å². The minimum Gasteiger partial charge on any atom is -0.761 e. The first-order chi connectivity index (χ1) is 4.34. The van der Waals surface area contributed by atoms with Crippen LogP contribution in [0.15, 0.2) is 18.5 Å². The minimum absolute atomic E-state index is 0.340. The van der Waals surface area contributed by atoms with Gasteiger partial charge in [0, 0.05) is 18.1 Å². The molecule has 0 saturated heterocycles. The maximum atomic E-state index is 9.99. The topological polar surface area (TPSA) is 48.0 Å². The third kappa shape index (κ3) is 1.31. The van der Waals surface area contributed by atoms with E-state index in [1.165, 1.54) is 18.5 Å². The zero-order valence-electron chi connectivity index (χ0n) is 4.47. The zero-order valence-corrected chi connectivity index (χ0v) is 5.22. The molecule has 9 heavy (non-hydrogen) atoms. The standard InChI is InChI=1S/C5H4ClN2O/c6-4-3-7-2-1-5(4)8-9/h1-3H,(H-,7,8,9)/q-1. The van der Waals surface area contributed by atoms with Gasteiger partial charge < -0.3 is 10.7 Å². The fourth-order valence-electron chi connectivity index (χ4n) is 0.458. The van der Waals surface area contributed by atoms with Crippen LogP contribution in [0.3, 0.4) is 0 Å². The lowest BCUT2D eigenvalue weighted by molar-refractivity contribution is 1.33. The fraction of sp³-hybridized carbons (Fsp3) is 0. The Kier molecular flexibility index (Phi) is 1.87. The third-order valence-corrected chi connectivity index (χ3v) is 1.18. The molecule has 3 nitrogen and oxygen atoms in total. The van der Waals surface area contributed by atoms with Gasteiger partial charge in [-0.25, -0.2) is 0 Å². The Labute approximate surface area is 57.3 Å². The maximum Gasteiger partial charge on any atom is 0.0812 e. The van der Waals surface area contributed by atoms with Crippen LogP contribution in [0.1, 0.15) is 0 Å². The van der Waals surface area contributed by atoms with E-state index in [-0.39, 0.29) is 0 Å². The van der Waals surface area contributed by atoms with Crippen LogP contribution in [-0.2, 0) is 0 Å². The molecule has 0 fully saturated rings. The molecule has 0 saturated carbocycles. The number of rotatable bonds is 1. The Bertz CT molecular complexity index is 204. The van der Waals surface area contributed by atoms with Gasteiger partial charge in [0.1, 0.15) is 0 Å². The summed E-state index contributed by atoms with van der Waals surface area (Å²) in [6.07, 6.45) is 2.90. The summed E-state index contributed by atoms with van der Waals surface area (Å²) in [5, 5.41) is 10.3.